The van der Waals surface area contributed by atoms with Gasteiger partial charge in [0.2, 0.25) is 0 Å². The smallest absolute Gasteiger partial charge is 0.272 e. The van der Waals surface area contributed by atoms with Crippen LogP contribution < -0.4 is 5.32 Å². The number of nitrogens with zero attached hydrogens (tertiary/aromatic N) is 3. The summed E-state index contributed by atoms with van der Waals surface area (Å²) in [5.74, 6) is -0.390. The van der Waals surface area contributed by atoms with Crippen LogP contribution >= 0.6 is 0 Å². The molecule has 2 aromatic carbocycles. The van der Waals surface area contributed by atoms with Crippen LogP contribution in [0.3, 0.4) is 0 Å². The summed E-state index contributed by atoms with van der Waals surface area (Å²) in [6, 6.07) is 19.7. The summed E-state index contributed by atoms with van der Waals surface area (Å²) in [6.45, 7) is 3.13. The summed E-state index contributed by atoms with van der Waals surface area (Å²) in [5.41, 5.74) is 4.02. The van der Waals surface area contributed by atoms with Crippen molar-refractivity contribution in [2.75, 3.05) is 13.6 Å². The molecule has 142 valence electrons. The quantitative estimate of drug-likeness (QED) is 0.763. The van der Waals surface area contributed by atoms with E-state index in [1.807, 2.05) is 37.3 Å². The minimum absolute atomic E-state index is 0.109. The van der Waals surface area contributed by atoms with E-state index in [0.29, 0.717) is 18.8 Å². The highest BCUT2D eigenvalue weighted by Gasteiger charge is 2.26. The maximum atomic E-state index is 12.6. The number of hydrogen-bond acceptors (Lipinski definition) is 3. The molecule has 1 N–H and O–H groups in total. The highest BCUT2D eigenvalue weighted by molar-refractivity contribution is 5.98. The van der Waals surface area contributed by atoms with Gasteiger partial charge in [-0.15, -0.1) is 0 Å². The first-order valence-electron chi connectivity index (χ1n) is 9.32. The molecule has 1 aliphatic rings. The molecular weight excluding hydrogens is 352 g/mol. The zero-order valence-electron chi connectivity index (χ0n) is 15.9. The third-order valence-corrected chi connectivity index (χ3v) is 5.09. The topological polar surface area (TPSA) is 67.2 Å². The number of aromatic nitrogens is 2. The van der Waals surface area contributed by atoms with Crippen molar-refractivity contribution in [3.8, 4) is 11.1 Å². The zero-order chi connectivity index (χ0) is 19.7. The summed E-state index contributed by atoms with van der Waals surface area (Å²) in [7, 11) is 1.75. The van der Waals surface area contributed by atoms with Gasteiger partial charge in [-0.25, -0.2) is 0 Å². The predicted octanol–water partition coefficient (Wildman–Crippen LogP) is 3.13. The summed E-state index contributed by atoms with van der Waals surface area (Å²) in [5, 5.41) is 7.26. The van der Waals surface area contributed by atoms with E-state index >= 15 is 0 Å². The van der Waals surface area contributed by atoms with Gasteiger partial charge in [-0.3, -0.25) is 14.3 Å². The van der Waals surface area contributed by atoms with Crippen LogP contribution in [0.25, 0.3) is 11.1 Å². The van der Waals surface area contributed by atoms with E-state index in [0.717, 1.165) is 16.7 Å². The van der Waals surface area contributed by atoms with Gasteiger partial charge in [0.25, 0.3) is 11.8 Å². The number of carbonyl (C=O) groups is 2. The van der Waals surface area contributed by atoms with Crippen molar-refractivity contribution in [3.63, 3.8) is 0 Å². The lowest BCUT2D eigenvalue weighted by Gasteiger charge is -2.22. The van der Waals surface area contributed by atoms with Crippen LogP contribution in [0.5, 0.6) is 0 Å². The molecule has 1 aliphatic heterocycles. The Kier molecular flexibility index (Phi) is 4.69. The zero-order valence-corrected chi connectivity index (χ0v) is 15.9. The number of rotatable bonds is 4. The van der Waals surface area contributed by atoms with Crippen molar-refractivity contribution in [3.05, 3.63) is 77.6 Å². The van der Waals surface area contributed by atoms with Crippen LogP contribution in [0, 0.1) is 0 Å². The van der Waals surface area contributed by atoms with E-state index in [2.05, 4.69) is 34.7 Å². The van der Waals surface area contributed by atoms with Crippen LogP contribution in [0.1, 0.15) is 39.5 Å². The largest absolute Gasteiger partial charge is 0.344 e. The normalized spacial score (nSPS) is 14.5. The van der Waals surface area contributed by atoms with E-state index in [1.165, 1.54) is 0 Å². The second-order valence-corrected chi connectivity index (χ2v) is 7.05. The molecule has 6 nitrogen and oxygen atoms in total. The molecular formula is C22H22N4O2. The summed E-state index contributed by atoms with van der Waals surface area (Å²) < 4.78 is 1.61. The first kappa shape index (κ1) is 18.0. The Balaban J connectivity index is 1.46. The Morgan fingerprint density at radius 1 is 1.04 bits per heavy atom. The lowest BCUT2D eigenvalue weighted by molar-refractivity contribution is 0.0742. The number of hydrogen-bond donors (Lipinski definition) is 1. The first-order valence-corrected chi connectivity index (χ1v) is 9.32. The van der Waals surface area contributed by atoms with Crippen molar-refractivity contribution in [1.29, 1.82) is 0 Å². The standard InChI is InChI=1S/C22H22N4O2/c1-15(16-8-10-18(11-9-16)17-6-4-3-5-7-17)23-21(27)19-14-20-22(28)25(2)12-13-26(20)24-19/h3-11,14-15H,12-13H2,1-2H3,(H,23,27). The molecule has 0 radical (unpaired) electrons. The van der Waals surface area contributed by atoms with Crippen molar-refractivity contribution >= 4 is 11.8 Å². The summed E-state index contributed by atoms with van der Waals surface area (Å²) in [6.07, 6.45) is 0. The van der Waals surface area contributed by atoms with Gasteiger partial charge < -0.3 is 10.2 Å². The Morgan fingerprint density at radius 2 is 1.71 bits per heavy atom. The third kappa shape index (κ3) is 3.41. The molecule has 28 heavy (non-hydrogen) atoms. The molecule has 4 rings (SSSR count). The van der Waals surface area contributed by atoms with Gasteiger partial charge >= 0.3 is 0 Å². The van der Waals surface area contributed by atoms with Crippen LogP contribution in [-0.2, 0) is 6.54 Å². The Labute approximate surface area is 163 Å². The Morgan fingerprint density at radius 3 is 2.43 bits per heavy atom. The van der Waals surface area contributed by atoms with Crippen LogP contribution in [0.2, 0.25) is 0 Å². The van der Waals surface area contributed by atoms with Crippen molar-refractivity contribution < 1.29 is 9.59 Å². The van der Waals surface area contributed by atoms with E-state index in [1.54, 1.807) is 22.7 Å². The summed E-state index contributed by atoms with van der Waals surface area (Å²) >= 11 is 0. The molecule has 0 saturated heterocycles. The van der Waals surface area contributed by atoms with Gasteiger partial charge in [-0.2, -0.15) is 5.10 Å². The lowest BCUT2D eigenvalue weighted by Crippen LogP contribution is -2.37. The SMILES string of the molecule is CC(NC(=O)c1cc2n(n1)CCN(C)C2=O)c1ccc(-c2ccccc2)cc1. The van der Waals surface area contributed by atoms with E-state index in [-0.39, 0.29) is 23.6 Å². The fraction of sp³-hybridized carbons (Fsp3) is 0.227. The molecule has 3 aromatic rings. The number of amides is 2. The Hall–Kier alpha value is -3.41. The highest BCUT2D eigenvalue weighted by atomic mass is 16.2. The average Bonchev–Trinajstić information content (AvgIpc) is 3.17. The minimum Gasteiger partial charge on any atom is -0.344 e. The van der Waals surface area contributed by atoms with Crippen molar-refractivity contribution in [2.24, 2.45) is 0 Å². The van der Waals surface area contributed by atoms with Gasteiger partial charge in [0.15, 0.2) is 5.69 Å². The molecule has 0 fully saturated rings. The molecule has 1 atom stereocenters. The molecule has 0 saturated carbocycles. The minimum atomic E-state index is -0.281. The van der Waals surface area contributed by atoms with Gasteiger partial charge in [-0.1, -0.05) is 54.6 Å². The van der Waals surface area contributed by atoms with Crippen LogP contribution in [0.4, 0.5) is 0 Å². The fourth-order valence-corrected chi connectivity index (χ4v) is 3.36. The number of benzene rings is 2. The molecule has 0 aliphatic carbocycles. The first-order chi connectivity index (χ1) is 13.5. The molecule has 0 bridgehead atoms. The molecule has 2 heterocycles. The number of likely N-dealkylation sites (N-methyl/N-ethyl adjacent to an activating group) is 1. The number of fused-ring (bicyclic) bond motifs is 1. The van der Waals surface area contributed by atoms with Crippen LogP contribution in [0.15, 0.2) is 60.7 Å². The second kappa shape index (κ2) is 7.31. The number of nitrogens with one attached hydrogen (secondary N) is 1. The van der Waals surface area contributed by atoms with Gasteiger partial charge in [0.05, 0.1) is 12.6 Å². The van der Waals surface area contributed by atoms with Gasteiger partial charge in [0, 0.05) is 19.7 Å². The molecule has 1 unspecified atom stereocenters. The third-order valence-electron chi connectivity index (χ3n) is 5.09. The molecule has 0 spiro atoms. The van der Waals surface area contributed by atoms with E-state index in [9.17, 15) is 9.59 Å². The summed E-state index contributed by atoms with van der Waals surface area (Å²) in [4.78, 5) is 26.4. The maximum absolute atomic E-state index is 12.6. The Bertz CT molecular complexity index is 1010. The second-order valence-electron chi connectivity index (χ2n) is 7.05. The number of carbonyl (C=O) groups excluding carboxylic acids is 2. The fourth-order valence-electron chi connectivity index (χ4n) is 3.36. The van der Waals surface area contributed by atoms with Crippen LogP contribution in [-0.4, -0.2) is 40.1 Å². The predicted molar refractivity (Wildman–Crippen MR) is 107 cm³/mol. The maximum Gasteiger partial charge on any atom is 0.272 e. The van der Waals surface area contributed by atoms with E-state index in [4.69, 9.17) is 0 Å². The average molecular weight is 374 g/mol. The van der Waals surface area contributed by atoms with Gasteiger partial charge in [-0.05, 0) is 23.6 Å². The van der Waals surface area contributed by atoms with Gasteiger partial charge in [0.1, 0.15) is 5.69 Å². The monoisotopic (exact) mass is 374 g/mol. The van der Waals surface area contributed by atoms with Crippen molar-refractivity contribution in [1.82, 2.24) is 20.0 Å². The molecule has 2 amide bonds. The molecule has 1 aromatic heterocycles. The van der Waals surface area contributed by atoms with Crippen molar-refractivity contribution in [2.45, 2.75) is 19.5 Å². The lowest BCUT2D eigenvalue weighted by atomic mass is 10.0. The molecule has 6 heteroatoms. The van der Waals surface area contributed by atoms with E-state index < -0.39 is 0 Å². The highest BCUT2D eigenvalue weighted by Crippen LogP contribution is 2.22.